The van der Waals surface area contributed by atoms with Gasteiger partial charge in [0.2, 0.25) is 15.9 Å². The monoisotopic (exact) mass is 414 g/mol. The van der Waals surface area contributed by atoms with Crippen LogP contribution in [0.1, 0.15) is 24.8 Å². The maximum Gasteiger partial charge on any atom is 0.240 e. The van der Waals surface area contributed by atoms with Crippen LogP contribution in [0, 0.1) is 0 Å². The van der Waals surface area contributed by atoms with Crippen molar-refractivity contribution >= 4 is 38.0 Å². The summed E-state index contributed by atoms with van der Waals surface area (Å²) in [6.45, 7) is 0.700. The lowest BCUT2D eigenvalue weighted by Gasteiger charge is -2.22. The Balaban J connectivity index is 1.38. The molecule has 1 heterocycles. The first kappa shape index (κ1) is 19.1. The molecule has 1 N–H and O–H groups in total. The SMILES string of the molecule is O=C(CCNS(=O)(=O)c1ccc2ccccc2c1)N(Cc1ccsc1)C1CC1. The zero-order valence-electron chi connectivity index (χ0n) is 15.4. The summed E-state index contributed by atoms with van der Waals surface area (Å²) in [6.07, 6.45) is 2.21. The zero-order chi connectivity index (χ0) is 19.6. The molecule has 4 rings (SSSR count). The van der Waals surface area contributed by atoms with Crippen LogP contribution in [0.5, 0.6) is 0 Å². The third-order valence-corrected chi connectivity index (χ3v) is 7.09. The Labute approximate surface area is 169 Å². The number of fused-ring (bicyclic) bond motifs is 1. The van der Waals surface area contributed by atoms with Gasteiger partial charge in [-0.15, -0.1) is 0 Å². The number of hydrogen-bond donors (Lipinski definition) is 1. The Morgan fingerprint density at radius 1 is 1.11 bits per heavy atom. The van der Waals surface area contributed by atoms with Crippen molar-refractivity contribution in [2.45, 2.75) is 36.7 Å². The van der Waals surface area contributed by atoms with E-state index in [0.29, 0.717) is 12.6 Å². The zero-order valence-corrected chi connectivity index (χ0v) is 17.0. The van der Waals surface area contributed by atoms with E-state index in [2.05, 4.69) is 4.72 Å². The van der Waals surface area contributed by atoms with Crippen LogP contribution < -0.4 is 4.72 Å². The fourth-order valence-electron chi connectivity index (χ4n) is 3.24. The first-order chi connectivity index (χ1) is 13.5. The summed E-state index contributed by atoms with van der Waals surface area (Å²) in [5.74, 6) is -0.00471. The normalized spacial score (nSPS) is 14.3. The number of hydrogen-bond acceptors (Lipinski definition) is 4. The summed E-state index contributed by atoms with van der Waals surface area (Å²) in [6, 6.07) is 15.0. The van der Waals surface area contributed by atoms with Crippen molar-refractivity contribution in [1.82, 2.24) is 9.62 Å². The molecule has 2 aromatic carbocycles. The molecule has 0 unspecified atom stereocenters. The van der Waals surface area contributed by atoms with Gasteiger partial charge in [-0.05, 0) is 58.1 Å². The Bertz CT molecular complexity index is 1070. The molecule has 1 amide bonds. The van der Waals surface area contributed by atoms with E-state index in [-0.39, 0.29) is 23.8 Å². The lowest BCUT2D eigenvalue weighted by Crippen LogP contribution is -2.35. The smallest absolute Gasteiger partial charge is 0.240 e. The van der Waals surface area contributed by atoms with Gasteiger partial charge in [0.05, 0.1) is 4.90 Å². The number of thiophene rings is 1. The number of carbonyl (C=O) groups is 1. The molecule has 5 nitrogen and oxygen atoms in total. The molecular weight excluding hydrogens is 392 g/mol. The fourth-order valence-corrected chi connectivity index (χ4v) is 4.97. The number of nitrogens with zero attached hydrogens (tertiary/aromatic N) is 1. The van der Waals surface area contributed by atoms with E-state index in [9.17, 15) is 13.2 Å². The molecule has 3 aromatic rings. The van der Waals surface area contributed by atoms with Crippen LogP contribution in [-0.4, -0.2) is 31.8 Å². The van der Waals surface area contributed by atoms with Gasteiger partial charge in [-0.1, -0.05) is 30.3 Å². The molecule has 0 bridgehead atoms. The summed E-state index contributed by atoms with van der Waals surface area (Å²) in [5, 5.41) is 5.91. The van der Waals surface area contributed by atoms with E-state index in [4.69, 9.17) is 0 Å². The molecule has 0 atom stereocenters. The van der Waals surface area contributed by atoms with E-state index >= 15 is 0 Å². The number of carbonyl (C=O) groups excluding carboxylic acids is 1. The third-order valence-electron chi connectivity index (χ3n) is 4.90. The highest BCUT2D eigenvalue weighted by atomic mass is 32.2. The highest BCUT2D eigenvalue weighted by Gasteiger charge is 2.32. The van der Waals surface area contributed by atoms with Crippen LogP contribution in [0.15, 0.2) is 64.2 Å². The average molecular weight is 415 g/mol. The summed E-state index contributed by atoms with van der Waals surface area (Å²) in [5.41, 5.74) is 1.13. The molecule has 0 saturated heterocycles. The minimum Gasteiger partial charge on any atom is -0.335 e. The summed E-state index contributed by atoms with van der Waals surface area (Å²) >= 11 is 1.62. The average Bonchev–Trinajstić information content (AvgIpc) is 3.40. The predicted molar refractivity (Wildman–Crippen MR) is 112 cm³/mol. The van der Waals surface area contributed by atoms with E-state index < -0.39 is 10.0 Å². The second-order valence-electron chi connectivity index (χ2n) is 7.04. The van der Waals surface area contributed by atoms with Crippen LogP contribution in [-0.2, 0) is 21.4 Å². The van der Waals surface area contributed by atoms with Gasteiger partial charge in [0, 0.05) is 25.6 Å². The van der Waals surface area contributed by atoms with Crippen LogP contribution in [0.3, 0.4) is 0 Å². The van der Waals surface area contributed by atoms with Crippen molar-refractivity contribution in [1.29, 1.82) is 0 Å². The summed E-state index contributed by atoms with van der Waals surface area (Å²) in [7, 11) is -3.65. The Morgan fingerprint density at radius 2 is 1.89 bits per heavy atom. The van der Waals surface area contributed by atoms with Crippen molar-refractivity contribution in [2.75, 3.05) is 6.54 Å². The van der Waals surface area contributed by atoms with Gasteiger partial charge in [-0.3, -0.25) is 4.79 Å². The molecule has 1 saturated carbocycles. The second kappa shape index (κ2) is 8.03. The van der Waals surface area contributed by atoms with Crippen LogP contribution in [0.2, 0.25) is 0 Å². The van der Waals surface area contributed by atoms with E-state index in [0.717, 1.165) is 29.2 Å². The van der Waals surface area contributed by atoms with Gasteiger partial charge < -0.3 is 4.90 Å². The number of nitrogens with one attached hydrogen (secondary N) is 1. The fraction of sp³-hybridized carbons (Fsp3) is 0.286. The Hall–Kier alpha value is -2.22. The number of benzene rings is 2. The van der Waals surface area contributed by atoms with Crippen LogP contribution in [0.25, 0.3) is 10.8 Å². The molecule has 1 fully saturated rings. The van der Waals surface area contributed by atoms with Crippen LogP contribution >= 0.6 is 11.3 Å². The predicted octanol–water partition coefficient (Wildman–Crippen LogP) is 3.76. The molecule has 1 aliphatic carbocycles. The largest absolute Gasteiger partial charge is 0.335 e. The molecule has 1 aliphatic rings. The number of sulfonamides is 1. The molecule has 0 radical (unpaired) electrons. The first-order valence-electron chi connectivity index (χ1n) is 9.32. The maximum absolute atomic E-state index is 12.6. The van der Waals surface area contributed by atoms with E-state index in [1.807, 2.05) is 46.0 Å². The van der Waals surface area contributed by atoms with Crippen molar-refractivity contribution in [2.24, 2.45) is 0 Å². The number of amides is 1. The lowest BCUT2D eigenvalue weighted by molar-refractivity contribution is -0.132. The molecule has 28 heavy (non-hydrogen) atoms. The lowest BCUT2D eigenvalue weighted by atomic mass is 10.1. The maximum atomic E-state index is 12.6. The summed E-state index contributed by atoms with van der Waals surface area (Å²) in [4.78, 5) is 14.7. The van der Waals surface area contributed by atoms with Crippen molar-refractivity contribution in [3.05, 3.63) is 64.9 Å². The minimum absolute atomic E-state index is 0.00471. The highest BCUT2D eigenvalue weighted by molar-refractivity contribution is 7.89. The first-order valence-corrected chi connectivity index (χ1v) is 11.7. The van der Waals surface area contributed by atoms with Crippen molar-refractivity contribution < 1.29 is 13.2 Å². The molecular formula is C21H22N2O3S2. The van der Waals surface area contributed by atoms with Gasteiger partial charge in [-0.25, -0.2) is 13.1 Å². The number of rotatable bonds is 8. The Morgan fingerprint density at radius 3 is 2.61 bits per heavy atom. The molecule has 146 valence electrons. The van der Waals surface area contributed by atoms with Gasteiger partial charge in [0.25, 0.3) is 0 Å². The molecule has 0 aliphatic heterocycles. The highest BCUT2D eigenvalue weighted by Crippen LogP contribution is 2.29. The van der Waals surface area contributed by atoms with Gasteiger partial charge >= 0.3 is 0 Å². The van der Waals surface area contributed by atoms with Gasteiger partial charge in [-0.2, -0.15) is 11.3 Å². The topological polar surface area (TPSA) is 66.5 Å². The van der Waals surface area contributed by atoms with Crippen molar-refractivity contribution in [3.8, 4) is 0 Å². The van der Waals surface area contributed by atoms with E-state index in [1.54, 1.807) is 29.5 Å². The van der Waals surface area contributed by atoms with Crippen molar-refractivity contribution in [3.63, 3.8) is 0 Å². The molecule has 7 heteroatoms. The standard InChI is InChI=1S/C21H22N2O3S2/c24-21(23(19-6-7-19)14-16-10-12-27-15-16)9-11-22-28(25,26)20-8-5-17-3-1-2-4-18(17)13-20/h1-5,8,10,12-13,15,19,22H,6-7,9,11,14H2. The Kier molecular flexibility index (Phi) is 5.48. The van der Waals surface area contributed by atoms with Gasteiger partial charge in [0.15, 0.2) is 0 Å². The molecule has 1 aromatic heterocycles. The molecule has 0 spiro atoms. The second-order valence-corrected chi connectivity index (χ2v) is 9.59. The third kappa shape index (κ3) is 4.43. The minimum atomic E-state index is -3.65. The quantitative estimate of drug-likeness (QED) is 0.610. The van der Waals surface area contributed by atoms with E-state index in [1.165, 1.54) is 0 Å². The van der Waals surface area contributed by atoms with Gasteiger partial charge in [0.1, 0.15) is 0 Å². The van der Waals surface area contributed by atoms with Crippen LogP contribution in [0.4, 0.5) is 0 Å². The summed E-state index contributed by atoms with van der Waals surface area (Å²) < 4.78 is 27.8.